The number of hydrogen-bond acceptors (Lipinski definition) is 4. The summed E-state index contributed by atoms with van der Waals surface area (Å²) in [6, 6.07) is 5.15. The van der Waals surface area contributed by atoms with E-state index in [2.05, 4.69) is 0 Å². The Morgan fingerprint density at radius 2 is 2.18 bits per heavy atom. The molecule has 1 saturated carbocycles. The van der Waals surface area contributed by atoms with E-state index >= 15 is 0 Å². The highest BCUT2D eigenvalue weighted by molar-refractivity contribution is 5.98. The van der Waals surface area contributed by atoms with Crippen molar-refractivity contribution in [2.45, 2.75) is 12.8 Å². The van der Waals surface area contributed by atoms with Crippen LogP contribution in [-0.4, -0.2) is 26.0 Å². The van der Waals surface area contributed by atoms with E-state index in [0.717, 1.165) is 0 Å². The molecule has 4 heteroatoms. The predicted molar refractivity (Wildman–Crippen MR) is 64.6 cm³/mol. The first-order chi connectivity index (χ1) is 8.24. The standard InChI is InChI=1S/C13H17NO3/c1-16-12-5-4-10(11(15)7-14)6-13(12)17-8-9-2-3-9/h4-6,9H,2-3,7-8,14H2,1H3. The number of carbonyl (C=O) groups excluding carboxylic acids is 1. The van der Waals surface area contributed by atoms with Gasteiger partial charge in [-0.3, -0.25) is 4.79 Å². The van der Waals surface area contributed by atoms with Crippen molar-refractivity contribution in [3.05, 3.63) is 23.8 Å². The van der Waals surface area contributed by atoms with Gasteiger partial charge in [0.1, 0.15) is 0 Å². The third kappa shape index (κ3) is 2.97. The lowest BCUT2D eigenvalue weighted by Gasteiger charge is -2.11. The van der Waals surface area contributed by atoms with Crippen molar-refractivity contribution in [1.29, 1.82) is 0 Å². The molecule has 0 bridgehead atoms. The van der Waals surface area contributed by atoms with Gasteiger partial charge in [-0.25, -0.2) is 0 Å². The fourth-order valence-electron chi connectivity index (χ4n) is 1.57. The van der Waals surface area contributed by atoms with Crippen LogP contribution in [0.1, 0.15) is 23.2 Å². The highest BCUT2D eigenvalue weighted by atomic mass is 16.5. The number of ether oxygens (including phenoxy) is 2. The SMILES string of the molecule is COc1ccc(C(=O)CN)cc1OCC1CC1. The number of carbonyl (C=O) groups is 1. The maximum Gasteiger partial charge on any atom is 0.176 e. The van der Waals surface area contributed by atoms with Gasteiger partial charge in [0, 0.05) is 5.56 Å². The smallest absolute Gasteiger partial charge is 0.176 e. The summed E-state index contributed by atoms with van der Waals surface area (Å²) in [4.78, 5) is 11.5. The number of nitrogens with two attached hydrogens (primary N) is 1. The summed E-state index contributed by atoms with van der Waals surface area (Å²) in [5.74, 6) is 1.84. The molecule has 92 valence electrons. The Hall–Kier alpha value is -1.55. The predicted octanol–water partition coefficient (Wildman–Crippen LogP) is 1.63. The molecule has 17 heavy (non-hydrogen) atoms. The molecule has 1 aliphatic carbocycles. The van der Waals surface area contributed by atoms with Gasteiger partial charge in [-0.15, -0.1) is 0 Å². The first-order valence-electron chi connectivity index (χ1n) is 5.78. The zero-order chi connectivity index (χ0) is 12.3. The molecule has 1 aromatic rings. The van der Waals surface area contributed by atoms with Crippen molar-refractivity contribution >= 4 is 5.78 Å². The van der Waals surface area contributed by atoms with E-state index in [1.807, 2.05) is 0 Å². The fourth-order valence-corrected chi connectivity index (χ4v) is 1.57. The molecule has 0 saturated heterocycles. The highest BCUT2D eigenvalue weighted by Crippen LogP contribution is 2.33. The number of rotatable bonds is 6. The van der Waals surface area contributed by atoms with Gasteiger partial charge >= 0.3 is 0 Å². The van der Waals surface area contributed by atoms with Gasteiger partial charge in [0.05, 0.1) is 20.3 Å². The normalized spacial score (nSPS) is 14.5. The molecule has 1 aromatic carbocycles. The number of benzene rings is 1. The quantitative estimate of drug-likeness (QED) is 0.761. The summed E-state index contributed by atoms with van der Waals surface area (Å²) in [5.41, 5.74) is 5.90. The summed E-state index contributed by atoms with van der Waals surface area (Å²) < 4.78 is 10.9. The Morgan fingerprint density at radius 1 is 1.41 bits per heavy atom. The molecule has 0 radical (unpaired) electrons. The van der Waals surface area contributed by atoms with Gasteiger partial charge in [0.25, 0.3) is 0 Å². The first-order valence-corrected chi connectivity index (χ1v) is 5.78. The van der Waals surface area contributed by atoms with Crippen LogP contribution >= 0.6 is 0 Å². The van der Waals surface area contributed by atoms with Crippen molar-refractivity contribution in [2.24, 2.45) is 11.7 Å². The van der Waals surface area contributed by atoms with Gasteiger partial charge in [0.15, 0.2) is 17.3 Å². The lowest BCUT2D eigenvalue weighted by molar-refractivity contribution is 0.100. The summed E-state index contributed by atoms with van der Waals surface area (Å²) in [6.45, 7) is 0.699. The topological polar surface area (TPSA) is 61.5 Å². The van der Waals surface area contributed by atoms with Gasteiger partial charge in [-0.1, -0.05) is 0 Å². The number of hydrogen-bond donors (Lipinski definition) is 1. The minimum atomic E-state index is -0.0936. The van der Waals surface area contributed by atoms with E-state index in [-0.39, 0.29) is 12.3 Å². The monoisotopic (exact) mass is 235 g/mol. The van der Waals surface area contributed by atoms with E-state index < -0.39 is 0 Å². The van der Waals surface area contributed by atoms with Crippen LogP contribution in [0, 0.1) is 5.92 Å². The van der Waals surface area contributed by atoms with Crippen LogP contribution in [0.15, 0.2) is 18.2 Å². The highest BCUT2D eigenvalue weighted by Gasteiger charge is 2.22. The van der Waals surface area contributed by atoms with Crippen LogP contribution < -0.4 is 15.2 Å². The first kappa shape index (κ1) is 11.9. The molecule has 2 N–H and O–H groups in total. The Bertz CT molecular complexity index is 413. The second kappa shape index (κ2) is 5.19. The number of Topliss-reactive ketones (excluding diaryl/α,β-unsaturated/α-hetero) is 1. The molecule has 0 atom stereocenters. The molecule has 0 amide bonds. The van der Waals surface area contributed by atoms with Crippen molar-refractivity contribution < 1.29 is 14.3 Å². The molecule has 2 rings (SSSR count). The largest absolute Gasteiger partial charge is 0.493 e. The lowest BCUT2D eigenvalue weighted by Crippen LogP contribution is -2.13. The third-order valence-corrected chi connectivity index (χ3v) is 2.84. The second-order valence-electron chi connectivity index (χ2n) is 4.25. The lowest BCUT2D eigenvalue weighted by atomic mass is 10.1. The summed E-state index contributed by atoms with van der Waals surface area (Å²) in [6.07, 6.45) is 2.45. The van der Waals surface area contributed by atoms with Crippen molar-refractivity contribution in [2.75, 3.05) is 20.3 Å². The minimum Gasteiger partial charge on any atom is -0.493 e. The molecule has 1 aliphatic rings. The van der Waals surface area contributed by atoms with E-state index in [1.54, 1.807) is 25.3 Å². The van der Waals surface area contributed by atoms with Gasteiger partial charge in [-0.2, -0.15) is 0 Å². The molecular formula is C13H17NO3. The molecule has 0 spiro atoms. The molecule has 0 aromatic heterocycles. The average Bonchev–Trinajstić information content (AvgIpc) is 3.19. The average molecular weight is 235 g/mol. The summed E-state index contributed by atoms with van der Waals surface area (Å²) in [5, 5.41) is 0. The van der Waals surface area contributed by atoms with Crippen LogP contribution in [0.3, 0.4) is 0 Å². The van der Waals surface area contributed by atoms with Crippen LogP contribution in [0.5, 0.6) is 11.5 Å². The van der Waals surface area contributed by atoms with Crippen molar-refractivity contribution in [3.63, 3.8) is 0 Å². The van der Waals surface area contributed by atoms with Gasteiger partial charge in [0.2, 0.25) is 0 Å². The van der Waals surface area contributed by atoms with E-state index in [4.69, 9.17) is 15.2 Å². The van der Waals surface area contributed by atoms with Crippen molar-refractivity contribution in [1.82, 2.24) is 0 Å². The van der Waals surface area contributed by atoms with Gasteiger partial charge in [-0.05, 0) is 37.0 Å². The summed E-state index contributed by atoms with van der Waals surface area (Å²) in [7, 11) is 1.59. The van der Waals surface area contributed by atoms with E-state index in [0.29, 0.717) is 29.6 Å². The minimum absolute atomic E-state index is 0.00833. The van der Waals surface area contributed by atoms with Crippen LogP contribution in [0.4, 0.5) is 0 Å². The van der Waals surface area contributed by atoms with Crippen LogP contribution in [0.2, 0.25) is 0 Å². The second-order valence-corrected chi connectivity index (χ2v) is 4.25. The Morgan fingerprint density at radius 3 is 2.76 bits per heavy atom. The zero-order valence-corrected chi connectivity index (χ0v) is 9.94. The maximum atomic E-state index is 11.5. The fraction of sp³-hybridized carbons (Fsp3) is 0.462. The Balaban J connectivity index is 2.15. The molecule has 4 nitrogen and oxygen atoms in total. The van der Waals surface area contributed by atoms with Crippen molar-refractivity contribution in [3.8, 4) is 11.5 Å². The molecule has 0 unspecified atom stereocenters. The van der Waals surface area contributed by atoms with Crippen LogP contribution in [-0.2, 0) is 0 Å². The zero-order valence-electron chi connectivity index (χ0n) is 9.94. The van der Waals surface area contributed by atoms with E-state index in [1.165, 1.54) is 12.8 Å². The Kier molecular flexibility index (Phi) is 3.64. The number of methoxy groups -OCH3 is 1. The molecule has 1 fully saturated rings. The Labute approximate surface area is 101 Å². The van der Waals surface area contributed by atoms with Crippen LogP contribution in [0.25, 0.3) is 0 Å². The third-order valence-electron chi connectivity index (χ3n) is 2.84. The number of ketones is 1. The van der Waals surface area contributed by atoms with E-state index in [9.17, 15) is 4.79 Å². The summed E-state index contributed by atoms with van der Waals surface area (Å²) >= 11 is 0. The molecule has 0 aliphatic heterocycles. The molecule has 0 heterocycles. The van der Waals surface area contributed by atoms with Gasteiger partial charge < -0.3 is 15.2 Å². The molecular weight excluding hydrogens is 218 g/mol. The maximum absolute atomic E-state index is 11.5.